The van der Waals surface area contributed by atoms with Crippen LogP contribution < -0.4 is 4.74 Å². The molecule has 6 heteroatoms. The van der Waals surface area contributed by atoms with Gasteiger partial charge in [-0.3, -0.25) is 0 Å². The number of nitrogens with zero attached hydrogens (tertiary/aromatic N) is 1. The van der Waals surface area contributed by atoms with E-state index in [0.29, 0.717) is 4.24 Å². The molecule has 0 saturated carbocycles. The highest BCUT2D eigenvalue weighted by Crippen LogP contribution is 2.52. The van der Waals surface area contributed by atoms with E-state index < -0.39 is 5.97 Å². The van der Waals surface area contributed by atoms with Crippen molar-refractivity contribution < 1.29 is 14.6 Å². The van der Waals surface area contributed by atoms with E-state index in [-0.39, 0.29) is 17.1 Å². The molecular formula is C16H9NO3S2. The second-order valence-corrected chi connectivity index (χ2v) is 6.67. The Morgan fingerprint density at radius 2 is 1.64 bits per heavy atom. The number of aromatic hydroxyl groups is 1. The average molecular weight is 327 g/mol. The smallest absolute Gasteiger partial charge is 0.356 e. The lowest BCUT2D eigenvalue weighted by atomic mass is 10.3. The first-order valence-corrected chi connectivity index (χ1v) is 7.91. The first-order chi connectivity index (χ1) is 10.7. The molecule has 0 atom stereocenters. The second-order valence-electron chi connectivity index (χ2n) is 4.31. The highest BCUT2D eigenvalue weighted by molar-refractivity contribution is 8.24. The number of carbonyl (C=O) groups excluding carboxylic acids is 1. The van der Waals surface area contributed by atoms with Crippen LogP contribution in [0.15, 0.2) is 68.1 Å². The van der Waals surface area contributed by atoms with Crippen LogP contribution >= 0.6 is 23.5 Å². The van der Waals surface area contributed by atoms with E-state index in [1.807, 2.05) is 30.3 Å². The van der Waals surface area contributed by atoms with Crippen LogP contribution in [-0.2, 0) is 4.79 Å². The summed E-state index contributed by atoms with van der Waals surface area (Å²) < 4.78 is 5.79. The van der Waals surface area contributed by atoms with Crippen molar-refractivity contribution in [3.05, 3.63) is 58.3 Å². The van der Waals surface area contributed by atoms with Crippen molar-refractivity contribution in [2.75, 3.05) is 0 Å². The van der Waals surface area contributed by atoms with Crippen LogP contribution in [0, 0.1) is 11.3 Å². The van der Waals surface area contributed by atoms with Crippen LogP contribution in [0.4, 0.5) is 0 Å². The van der Waals surface area contributed by atoms with Crippen molar-refractivity contribution in [3.8, 4) is 17.6 Å². The molecule has 0 radical (unpaired) electrons. The van der Waals surface area contributed by atoms with Gasteiger partial charge >= 0.3 is 5.97 Å². The Hall–Kier alpha value is -2.36. The summed E-state index contributed by atoms with van der Waals surface area (Å²) in [6.07, 6.45) is 0. The van der Waals surface area contributed by atoms with E-state index >= 15 is 0 Å². The number of phenolic OH excluding ortho intramolecular Hbond substituents is 1. The van der Waals surface area contributed by atoms with Crippen molar-refractivity contribution in [1.82, 2.24) is 0 Å². The average Bonchev–Trinajstić information content (AvgIpc) is 2.94. The van der Waals surface area contributed by atoms with Gasteiger partial charge in [0.05, 0.1) is 4.24 Å². The lowest BCUT2D eigenvalue weighted by Gasteiger charge is -2.04. The summed E-state index contributed by atoms with van der Waals surface area (Å²) in [7, 11) is 0. The molecule has 3 rings (SSSR count). The third-order valence-electron chi connectivity index (χ3n) is 2.82. The highest BCUT2D eigenvalue weighted by atomic mass is 32.2. The molecule has 0 fully saturated rings. The number of carbonyl (C=O) groups is 1. The van der Waals surface area contributed by atoms with Gasteiger partial charge in [-0.15, -0.1) is 0 Å². The Bertz CT molecular complexity index is 780. The fourth-order valence-corrected chi connectivity index (χ4v) is 4.24. The van der Waals surface area contributed by atoms with E-state index in [0.717, 1.165) is 9.79 Å². The van der Waals surface area contributed by atoms with Crippen LogP contribution in [0.2, 0.25) is 0 Å². The number of benzene rings is 2. The second kappa shape index (κ2) is 6.18. The lowest BCUT2D eigenvalue weighted by Crippen LogP contribution is -2.10. The van der Waals surface area contributed by atoms with Crippen molar-refractivity contribution >= 4 is 29.5 Å². The lowest BCUT2D eigenvalue weighted by molar-refractivity contribution is -0.129. The molecule has 1 aliphatic rings. The standard InChI is InChI=1S/C16H9NO3S2/c17-9-12(15(19)20-11-7-5-10(18)6-8-11)16-21-13-3-1-2-4-14(13)22-16/h1-8,18H. The summed E-state index contributed by atoms with van der Waals surface area (Å²) in [5.74, 6) is -0.339. The van der Waals surface area contributed by atoms with Crippen molar-refractivity contribution in [1.29, 1.82) is 5.26 Å². The Labute approximate surface area is 135 Å². The normalized spacial score (nSPS) is 12.4. The molecule has 1 heterocycles. The van der Waals surface area contributed by atoms with Crippen LogP contribution in [0.25, 0.3) is 0 Å². The molecule has 1 N–H and O–H groups in total. The van der Waals surface area contributed by atoms with Gasteiger partial charge in [-0.25, -0.2) is 4.79 Å². The fourth-order valence-electron chi connectivity index (χ4n) is 1.79. The minimum absolute atomic E-state index is 0.0146. The zero-order valence-electron chi connectivity index (χ0n) is 11.1. The zero-order chi connectivity index (χ0) is 15.5. The molecule has 22 heavy (non-hydrogen) atoms. The summed E-state index contributed by atoms with van der Waals surface area (Å²) in [5, 5.41) is 18.5. The Morgan fingerprint density at radius 1 is 1.05 bits per heavy atom. The van der Waals surface area contributed by atoms with Crippen LogP contribution in [0.1, 0.15) is 0 Å². The molecule has 4 nitrogen and oxygen atoms in total. The molecule has 0 spiro atoms. The molecule has 0 saturated heterocycles. The number of ether oxygens (including phenoxy) is 1. The topological polar surface area (TPSA) is 70.3 Å². The van der Waals surface area contributed by atoms with Gasteiger partial charge < -0.3 is 9.84 Å². The Morgan fingerprint density at radius 3 is 2.18 bits per heavy atom. The van der Waals surface area contributed by atoms with Crippen LogP contribution in [0.5, 0.6) is 11.5 Å². The summed E-state index contributed by atoms with van der Waals surface area (Å²) in [6, 6.07) is 15.4. The summed E-state index contributed by atoms with van der Waals surface area (Å²) in [6.45, 7) is 0. The number of nitriles is 1. The number of thioether (sulfide) groups is 2. The first-order valence-electron chi connectivity index (χ1n) is 6.27. The van der Waals surface area contributed by atoms with Crippen molar-refractivity contribution in [2.24, 2.45) is 0 Å². The van der Waals surface area contributed by atoms with E-state index in [2.05, 4.69) is 0 Å². The number of hydrogen-bond acceptors (Lipinski definition) is 6. The van der Waals surface area contributed by atoms with Crippen molar-refractivity contribution in [3.63, 3.8) is 0 Å². The molecule has 2 aromatic carbocycles. The number of rotatable bonds is 2. The predicted molar refractivity (Wildman–Crippen MR) is 84.5 cm³/mol. The maximum absolute atomic E-state index is 12.2. The summed E-state index contributed by atoms with van der Waals surface area (Å²) in [4.78, 5) is 14.2. The predicted octanol–water partition coefficient (Wildman–Crippen LogP) is 3.93. The molecule has 0 aromatic heterocycles. The molecule has 0 unspecified atom stereocenters. The largest absolute Gasteiger partial charge is 0.508 e. The third-order valence-corrected chi connectivity index (χ3v) is 5.38. The van der Waals surface area contributed by atoms with E-state index in [4.69, 9.17) is 4.74 Å². The fraction of sp³-hybridized carbons (Fsp3) is 0. The maximum Gasteiger partial charge on any atom is 0.356 e. The Balaban J connectivity index is 1.83. The highest BCUT2D eigenvalue weighted by Gasteiger charge is 2.25. The number of esters is 1. The molecule has 2 aromatic rings. The van der Waals surface area contributed by atoms with Gasteiger partial charge in [0, 0.05) is 9.79 Å². The van der Waals surface area contributed by atoms with Gasteiger partial charge in [-0.05, 0) is 36.4 Å². The molecule has 0 aliphatic carbocycles. The third kappa shape index (κ3) is 2.96. The molecule has 0 bridgehead atoms. The van der Waals surface area contributed by atoms with Gasteiger partial charge in [-0.1, -0.05) is 35.7 Å². The van der Waals surface area contributed by atoms with E-state index in [1.54, 1.807) is 0 Å². The van der Waals surface area contributed by atoms with Gasteiger partial charge in [0.1, 0.15) is 17.6 Å². The van der Waals surface area contributed by atoms with Crippen molar-refractivity contribution in [2.45, 2.75) is 9.79 Å². The summed E-state index contributed by atoms with van der Waals surface area (Å²) >= 11 is 2.78. The van der Waals surface area contributed by atoms with Crippen LogP contribution in [0.3, 0.4) is 0 Å². The quantitative estimate of drug-likeness (QED) is 0.390. The maximum atomic E-state index is 12.2. The van der Waals surface area contributed by atoms with Crippen LogP contribution in [-0.4, -0.2) is 11.1 Å². The van der Waals surface area contributed by atoms with Gasteiger partial charge in [0.25, 0.3) is 0 Å². The van der Waals surface area contributed by atoms with Gasteiger partial charge in [-0.2, -0.15) is 5.26 Å². The summed E-state index contributed by atoms with van der Waals surface area (Å²) in [5.41, 5.74) is -0.0146. The molecular weight excluding hydrogens is 318 g/mol. The Kier molecular flexibility index (Phi) is 4.09. The number of hydrogen-bond donors (Lipinski definition) is 1. The monoisotopic (exact) mass is 327 g/mol. The first kappa shape index (κ1) is 14.6. The number of phenols is 1. The van der Waals surface area contributed by atoms with E-state index in [1.165, 1.54) is 47.8 Å². The minimum Gasteiger partial charge on any atom is -0.508 e. The molecule has 1 aliphatic heterocycles. The number of fused-ring (bicyclic) bond motifs is 1. The van der Waals surface area contributed by atoms with E-state index in [9.17, 15) is 15.2 Å². The SMILES string of the molecule is N#CC(C(=O)Oc1ccc(O)cc1)=C1Sc2ccccc2S1. The van der Waals surface area contributed by atoms with Gasteiger partial charge in [0.2, 0.25) is 0 Å². The zero-order valence-corrected chi connectivity index (χ0v) is 12.8. The minimum atomic E-state index is -0.698. The molecule has 108 valence electrons. The van der Waals surface area contributed by atoms with Gasteiger partial charge in [0.15, 0.2) is 5.57 Å². The molecule has 0 amide bonds.